The van der Waals surface area contributed by atoms with Gasteiger partial charge in [0.2, 0.25) is 0 Å². The van der Waals surface area contributed by atoms with Crippen LogP contribution in [0.15, 0.2) is 65.1 Å². The van der Waals surface area contributed by atoms with Crippen LogP contribution < -0.4 is 10.1 Å². The number of aromatic nitrogens is 2. The van der Waals surface area contributed by atoms with Crippen LogP contribution in [0, 0.1) is 12.7 Å². The van der Waals surface area contributed by atoms with E-state index in [1.165, 1.54) is 6.07 Å². The molecular formula is C23H18Cl2FN3O3. The summed E-state index contributed by atoms with van der Waals surface area (Å²) in [5, 5.41) is 7.93. The number of anilines is 1. The maximum absolute atomic E-state index is 14.1. The Bertz CT molecular complexity index is 1230. The van der Waals surface area contributed by atoms with Crippen LogP contribution >= 0.6 is 23.2 Å². The van der Waals surface area contributed by atoms with E-state index in [0.29, 0.717) is 32.9 Å². The third kappa shape index (κ3) is 5.12. The molecule has 0 saturated carbocycles. The average Bonchev–Trinajstić information content (AvgIpc) is 3.37. The Morgan fingerprint density at radius 3 is 2.69 bits per heavy atom. The maximum Gasteiger partial charge on any atom is 0.292 e. The van der Waals surface area contributed by atoms with Crippen LogP contribution in [0.25, 0.3) is 0 Å². The van der Waals surface area contributed by atoms with E-state index >= 15 is 0 Å². The minimum atomic E-state index is -0.462. The number of benzene rings is 2. The number of hydrogen-bond donors (Lipinski definition) is 1. The molecule has 1 amide bonds. The lowest BCUT2D eigenvalue weighted by molar-refractivity contribution is 0.0992. The number of nitrogens with zero attached hydrogens (tertiary/aromatic N) is 2. The smallest absolute Gasteiger partial charge is 0.292 e. The normalized spacial score (nSPS) is 10.9. The first-order valence-electron chi connectivity index (χ1n) is 9.65. The largest absolute Gasteiger partial charge is 0.486 e. The summed E-state index contributed by atoms with van der Waals surface area (Å²) in [7, 11) is 0. The SMILES string of the molecule is Cc1cc(NC(=O)c2ccc(COc3ccc(Cl)cc3)o2)nn1Cc1c(F)cccc1Cl. The molecule has 4 rings (SSSR count). The molecule has 0 atom stereocenters. The number of rotatable bonds is 7. The summed E-state index contributed by atoms with van der Waals surface area (Å²) in [4.78, 5) is 12.5. The number of nitrogens with one attached hydrogen (secondary N) is 1. The number of carbonyl (C=O) groups excluding carboxylic acids is 1. The van der Waals surface area contributed by atoms with Gasteiger partial charge in [0.1, 0.15) is 23.9 Å². The van der Waals surface area contributed by atoms with Crippen molar-refractivity contribution in [3.63, 3.8) is 0 Å². The zero-order valence-electron chi connectivity index (χ0n) is 16.9. The van der Waals surface area contributed by atoms with Gasteiger partial charge in [-0.15, -0.1) is 0 Å². The Balaban J connectivity index is 1.39. The Morgan fingerprint density at radius 1 is 1.16 bits per heavy atom. The van der Waals surface area contributed by atoms with Gasteiger partial charge in [-0.3, -0.25) is 9.48 Å². The molecule has 0 aliphatic rings. The summed E-state index contributed by atoms with van der Waals surface area (Å²) in [5.41, 5.74) is 1.06. The van der Waals surface area contributed by atoms with Crippen molar-refractivity contribution in [1.29, 1.82) is 0 Å². The number of furan rings is 1. The van der Waals surface area contributed by atoms with Crippen molar-refractivity contribution < 1.29 is 18.3 Å². The second kappa shape index (κ2) is 9.46. The summed E-state index contributed by atoms with van der Waals surface area (Å²) < 4.78 is 26.8. The van der Waals surface area contributed by atoms with Crippen LogP contribution in [0.4, 0.5) is 10.2 Å². The number of hydrogen-bond acceptors (Lipinski definition) is 4. The van der Waals surface area contributed by atoms with E-state index in [1.54, 1.807) is 66.2 Å². The molecule has 2 aromatic heterocycles. The predicted molar refractivity (Wildman–Crippen MR) is 120 cm³/mol. The third-order valence-electron chi connectivity index (χ3n) is 4.67. The molecule has 0 aliphatic carbocycles. The van der Waals surface area contributed by atoms with E-state index in [2.05, 4.69) is 10.4 Å². The average molecular weight is 474 g/mol. The van der Waals surface area contributed by atoms with Crippen LogP contribution in [0.3, 0.4) is 0 Å². The number of aryl methyl sites for hydroxylation is 1. The summed E-state index contributed by atoms with van der Waals surface area (Å²) in [6.07, 6.45) is 0. The van der Waals surface area contributed by atoms with Crippen LogP contribution in [0.2, 0.25) is 10.0 Å². The molecule has 0 fully saturated rings. The maximum atomic E-state index is 14.1. The number of amides is 1. The van der Waals surface area contributed by atoms with E-state index in [4.69, 9.17) is 32.4 Å². The van der Waals surface area contributed by atoms with Gasteiger partial charge in [0, 0.05) is 27.4 Å². The fraction of sp³-hybridized carbons (Fsp3) is 0.130. The van der Waals surface area contributed by atoms with E-state index in [9.17, 15) is 9.18 Å². The predicted octanol–water partition coefficient (Wildman–Crippen LogP) is 6.11. The van der Waals surface area contributed by atoms with Crippen molar-refractivity contribution in [2.75, 3.05) is 5.32 Å². The van der Waals surface area contributed by atoms with Gasteiger partial charge in [0.25, 0.3) is 5.91 Å². The minimum Gasteiger partial charge on any atom is -0.486 e. The van der Waals surface area contributed by atoms with Gasteiger partial charge < -0.3 is 14.5 Å². The van der Waals surface area contributed by atoms with Crippen LogP contribution in [0.1, 0.15) is 27.6 Å². The van der Waals surface area contributed by atoms with Gasteiger partial charge in [0.05, 0.1) is 6.54 Å². The van der Waals surface area contributed by atoms with Crippen molar-refractivity contribution in [1.82, 2.24) is 9.78 Å². The van der Waals surface area contributed by atoms with Crippen LogP contribution in [-0.4, -0.2) is 15.7 Å². The third-order valence-corrected chi connectivity index (χ3v) is 5.28. The van der Waals surface area contributed by atoms with Gasteiger partial charge in [-0.25, -0.2) is 4.39 Å². The molecule has 2 heterocycles. The molecule has 0 spiro atoms. The monoisotopic (exact) mass is 473 g/mol. The van der Waals surface area contributed by atoms with Crippen molar-refractivity contribution in [3.05, 3.63) is 99.3 Å². The quantitative estimate of drug-likeness (QED) is 0.351. The molecule has 0 aliphatic heterocycles. The van der Waals surface area contributed by atoms with Gasteiger partial charge in [0.15, 0.2) is 11.6 Å². The first kappa shape index (κ1) is 21.9. The van der Waals surface area contributed by atoms with Gasteiger partial charge in [-0.2, -0.15) is 5.10 Å². The highest BCUT2D eigenvalue weighted by molar-refractivity contribution is 6.31. The fourth-order valence-corrected chi connectivity index (χ4v) is 3.35. The number of ether oxygens (including phenoxy) is 1. The van der Waals surface area contributed by atoms with Crippen molar-refractivity contribution in [2.24, 2.45) is 0 Å². The Labute approximate surface area is 193 Å². The van der Waals surface area contributed by atoms with Gasteiger partial charge >= 0.3 is 0 Å². The molecule has 0 saturated heterocycles. The molecule has 32 heavy (non-hydrogen) atoms. The molecule has 0 unspecified atom stereocenters. The van der Waals surface area contributed by atoms with Crippen LogP contribution in [0.5, 0.6) is 5.75 Å². The first-order valence-corrected chi connectivity index (χ1v) is 10.4. The lowest BCUT2D eigenvalue weighted by Crippen LogP contribution is -2.12. The molecule has 9 heteroatoms. The van der Waals surface area contributed by atoms with Gasteiger partial charge in [-0.1, -0.05) is 29.3 Å². The second-order valence-electron chi connectivity index (χ2n) is 6.99. The Kier molecular flexibility index (Phi) is 6.48. The zero-order chi connectivity index (χ0) is 22.7. The van der Waals surface area contributed by atoms with Crippen molar-refractivity contribution in [2.45, 2.75) is 20.1 Å². The van der Waals surface area contributed by atoms with E-state index < -0.39 is 11.7 Å². The molecule has 0 radical (unpaired) electrons. The van der Waals surface area contributed by atoms with E-state index in [-0.39, 0.29) is 18.9 Å². The second-order valence-corrected chi connectivity index (χ2v) is 7.84. The minimum absolute atomic E-state index is 0.115. The van der Waals surface area contributed by atoms with E-state index in [1.807, 2.05) is 0 Å². The standard InChI is InChI=1S/C23H18Cl2FN3O3/c1-14-11-22(28-29(14)12-18-19(25)3-2-4-20(18)26)27-23(30)21-10-9-17(32-21)13-31-16-7-5-15(24)6-8-16/h2-11H,12-13H2,1H3,(H,27,28,30). The molecule has 6 nitrogen and oxygen atoms in total. The summed E-state index contributed by atoms with van der Waals surface area (Å²) in [6.45, 7) is 2.10. The lowest BCUT2D eigenvalue weighted by atomic mass is 10.2. The van der Waals surface area contributed by atoms with E-state index in [0.717, 1.165) is 5.69 Å². The van der Waals surface area contributed by atoms with Crippen molar-refractivity contribution in [3.8, 4) is 5.75 Å². The fourth-order valence-electron chi connectivity index (χ4n) is 3.01. The highest BCUT2D eigenvalue weighted by atomic mass is 35.5. The van der Waals surface area contributed by atoms with Crippen molar-refractivity contribution >= 4 is 34.9 Å². The topological polar surface area (TPSA) is 69.3 Å². The van der Waals surface area contributed by atoms with Crippen LogP contribution in [-0.2, 0) is 13.2 Å². The molecule has 1 N–H and O–H groups in total. The summed E-state index contributed by atoms with van der Waals surface area (Å²) in [5.74, 6) is 0.673. The van der Waals surface area contributed by atoms with Gasteiger partial charge in [-0.05, 0) is 55.5 Å². The molecular weight excluding hydrogens is 456 g/mol. The summed E-state index contributed by atoms with van der Waals surface area (Å²) in [6, 6.07) is 16.3. The highest BCUT2D eigenvalue weighted by Gasteiger charge is 2.16. The Hall–Kier alpha value is -3.29. The molecule has 2 aromatic carbocycles. The number of halogens is 3. The highest BCUT2D eigenvalue weighted by Crippen LogP contribution is 2.22. The zero-order valence-corrected chi connectivity index (χ0v) is 18.5. The molecule has 0 bridgehead atoms. The number of carbonyl (C=O) groups is 1. The summed E-state index contributed by atoms with van der Waals surface area (Å²) >= 11 is 11.9. The lowest BCUT2D eigenvalue weighted by Gasteiger charge is -2.07. The molecule has 164 valence electrons. The molecule has 4 aromatic rings. The Morgan fingerprint density at radius 2 is 1.94 bits per heavy atom. The first-order chi connectivity index (χ1) is 15.4.